The quantitative estimate of drug-likeness (QED) is 0.475. The van der Waals surface area contributed by atoms with E-state index in [1.165, 1.54) is 13.2 Å². The molecule has 0 spiro atoms. The maximum Gasteiger partial charge on any atom is 0.337 e. The standard InChI is InChI=1S/C21H18N2O5/c1-14(19-22-23-20(28-19)16-6-4-3-5-7-16)27-18(24)13-10-15-8-11-17(12-9-15)21(25)26-2/h3-14H,1-2H3/b13-10+. The van der Waals surface area contributed by atoms with Crippen molar-refractivity contribution >= 4 is 18.0 Å². The van der Waals surface area contributed by atoms with Crippen LogP contribution in [0, 0.1) is 0 Å². The van der Waals surface area contributed by atoms with E-state index in [1.54, 1.807) is 37.3 Å². The lowest BCUT2D eigenvalue weighted by atomic mass is 10.1. The van der Waals surface area contributed by atoms with Crippen LogP contribution in [0.1, 0.15) is 34.8 Å². The van der Waals surface area contributed by atoms with Gasteiger partial charge >= 0.3 is 11.9 Å². The van der Waals surface area contributed by atoms with Gasteiger partial charge in [0.25, 0.3) is 5.89 Å². The molecular formula is C21H18N2O5. The van der Waals surface area contributed by atoms with Crippen molar-refractivity contribution in [2.75, 3.05) is 7.11 Å². The first-order chi connectivity index (χ1) is 13.6. The molecule has 2 aromatic carbocycles. The second-order valence-electron chi connectivity index (χ2n) is 5.84. The number of esters is 2. The topological polar surface area (TPSA) is 91.5 Å². The number of hydrogen-bond acceptors (Lipinski definition) is 7. The first-order valence-corrected chi connectivity index (χ1v) is 8.52. The molecule has 0 aliphatic carbocycles. The van der Waals surface area contributed by atoms with Gasteiger partial charge in [0.2, 0.25) is 5.89 Å². The van der Waals surface area contributed by atoms with Crippen molar-refractivity contribution in [3.8, 4) is 11.5 Å². The number of carbonyl (C=O) groups is 2. The first-order valence-electron chi connectivity index (χ1n) is 8.52. The molecule has 3 rings (SSSR count). The van der Waals surface area contributed by atoms with Crippen LogP contribution in [0.2, 0.25) is 0 Å². The van der Waals surface area contributed by atoms with E-state index >= 15 is 0 Å². The minimum atomic E-state index is -0.691. The first kappa shape index (κ1) is 19.0. The van der Waals surface area contributed by atoms with E-state index in [9.17, 15) is 9.59 Å². The molecule has 1 unspecified atom stereocenters. The van der Waals surface area contributed by atoms with Gasteiger partial charge in [0.15, 0.2) is 6.10 Å². The molecule has 0 aliphatic heterocycles. The minimum absolute atomic E-state index is 0.211. The number of benzene rings is 2. The molecule has 7 nitrogen and oxygen atoms in total. The SMILES string of the molecule is COC(=O)c1ccc(/C=C/C(=O)OC(C)c2nnc(-c3ccccc3)o2)cc1. The summed E-state index contributed by atoms with van der Waals surface area (Å²) in [5.41, 5.74) is 1.96. The van der Waals surface area contributed by atoms with Crippen molar-refractivity contribution in [2.45, 2.75) is 13.0 Å². The van der Waals surface area contributed by atoms with Gasteiger partial charge in [0, 0.05) is 11.6 Å². The van der Waals surface area contributed by atoms with Gasteiger partial charge in [0.05, 0.1) is 12.7 Å². The molecule has 0 bridgehead atoms. The highest BCUT2D eigenvalue weighted by molar-refractivity contribution is 5.90. The zero-order valence-electron chi connectivity index (χ0n) is 15.4. The molecule has 7 heteroatoms. The van der Waals surface area contributed by atoms with Crippen LogP contribution >= 0.6 is 0 Å². The Morgan fingerprint density at radius 3 is 2.43 bits per heavy atom. The second-order valence-corrected chi connectivity index (χ2v) is 5.84. The van der Waals surface area contributed by atoms with Gasteiger partial charge < -0.3 is 13.9 Å². The Hall–Kier alpha value is -3.74. The Bertz CT molecular complexity index is 978. The molecule has 0 aliphatic rings. The molecule has 0 amide bonds. The van der Waals surface area contributed by atoms with Crippen molar-refractivity contribution in [1.29, 1.82) is 0 Å². The van der Waals surface area contributed by atoms with Crippen LogP contribution in [0.15, 0.2) is 65.1 Å². The van der Waals surface area contributed by atoms with Crippen LogP contribution in [0.5, 0.6) is 0 Å². The number of ether oxygens (including phenoxy) is 2. The van der Waals surface area contributed by atoms with Gasteiger partial charge in [-0.1, -0.05) is 30.3 Å². The van der Waals surface area contributed by atoms with Crippen LogP contribution < -0.4 is 0 Å². The Kier molecular flexibility index (Phi) is 5.96. The third-order valence-corrected chi connectivity index (χ3v) is 3.85. The highest BCUT2D eigenvalue weighted by Crippen LogP contribution is 2.22. The zero-order valence-corrected chi connectivity index (χ0v) is 15.4. The van der Waals surface area contributed by atoms with E-state index in [4.69, 9.17) is 9.15 Å². The van der Waals surface area contributed by atoms with Crippen LogP contribution in [0.4, 0.5) is 0 Å². The number of methoxy groups -OCH3 is 1. The van der Waals surface area contributed by atoms with Crippen molar-refractivity contribution in [2.24, 2.45) is 0 Å². The van der Waals surface area contributed by atoms with Gasteiger partial charge in [-0.25, -0.2) is 9.59 Å². The number of rotatable bonds is 6. The molecule has 0 saturated carbocycles. The van der Waals surface area contributed by atoms with Gasteiger partial charge in [-0.05, 0) is 42.8 Å². The zero-order chi connectivity index (χ0) is 19.9. The average molecular weight is 378 g/mol. The summed E-state index contributed by atoms with van der Waals surface area (Å²) < 4.78 is 15.5. The van der Waals surface area contributed by atoms with Crippen LogP contribution in [-0.4, -0.2) is 29.2 Å². The normalized spacial score (nSPS) is 11.9. The summed E-state index contributed by atoms with van der Waals surface area (Å²) in [6.07, 6.45) is 2.18. The van der Waals surface area contributed by atoms with E-state index in [0.717, 1.165) is 11.1 Å². The highest BCUT2D eigenvalue weighted by atomic mass is 16.6. The molecule has 0 fully saturated rings. The fourth-order valence-corrected chi connectivity index (χ4v) is 2.37. The summed E-state index contributed by atoms with van der Waals surface area (Å²) in [5.74, 6) is -0.398. The summed E-state index contributed by atoms with van der Waals surface area (Å²) in [4.78, 5) is 23.4. The summed E-state index contributed by atoms with van der Waals surface area (Å²) in [5, 5.41) is 7.91. The summed E-state index contributed by atoms with van der Waals surface area (Å²) in [7, 11) is 1.32. The summed E-state index contributed by atoms with van der Waals surface area (Å²) >= 11 is 0. The molecule has 3 aromatic rings. The molecule has 1 heterocycles. The van der Waals surface area contributed by atoms with E-state index in [1.807, 2.05) is 30.3 Å². The van der Waals surface area contributed by atoms with E-state index in [-0.39, 0.29) is 5.89 Å². The summed E-state index contributed by atoms with van der Waals surface area (Å²) in [6.45, 7) is 1.65. The van der Waals surface area contributed by atoms with Gasteiger partial charge in [0.1, 0.15) is 0 Å². The van der Waals surface area contributed by atoms with E-state index in [2.05, 4.69) is 14.9 Å². The molecule has 28 heavy (non-hydrogen) atoms. The maximum atomic E-state index is 12.0. The monoisotopic (exact) mass is 378 g/mol. The van der Waals surface area contributed by atoms with Crippen molar-refractivity contribution < 1.29 is 23.5 Å². The van der Waals surface area contributed by atoms with E-state index < -0.39 is 18.0 Å². The van der Waals surface area contributed by atoms with Crippen molar-refractivity contribution in [1.82, 2.24) is 10.2 Å². The highest BCUT2D eigenvalue weighted by Gasteiger charge is 2.18. The smallest absolute Gasteiger partial charge is 0.337 e. The molecule has 0 radical (unpaired) electrons. The van der Waals surface area contributed by atoms with E-state index in [0.29, 0.717) is 11.5 Å². The number of nitrogens with zero attached hydrogens (tertiary/aromatic N) is 2. The van der Waals surface area contributed by atoms with Crippen LogP contribution in [0.25, 0.3) is 17.5 Å². The molecular weight excluding hydrogens is 360 g/mol. The predicted octanol–water partition coefficient (Wildman–Crippen LogP) is 3.84. The maximum absolute atomic E-state index is 12.0. The molecule has 0 saturated heterocycles. The second kappa shape index (κ2) is 8.77. The lowest BCUT2D eigenvalue weighted by molar-refractivity contribution is -0.143. The Balaban J connectivity index is 1.59. The Morgan fingerprint density at radius 2 is 1.75 bits per heavy atom. The fraction of sp³-hybridized carbons (Fsp3) is 0.143. The molecule has 1 atom stereocenters. The lowest BCUT2D eigenvalue weighted by Gasteiger charge is -2.06. The number of aromatic nitrogens is 2. The molecule has 142 valence electrons. The number of hydrogen-bond donors (Lipinski definition) is 0. The largest absolute Gasteiger partial charge is 0.465 e. The Labute approximate surface area is 161 Å². The van der Waals surface area contributed by atoms with Crippen LogP contribution in [0.3, 0.4) is 0 Å². The number of carbonyl (C=O) groups excluding carboxylic acids is 2. The molecule has 0 N–H and O–H groups in total. The van der Waals surface area contributed by atoms with Gasteiger partial charge in [-0.3, -0.25) is 0 Å². The lowest BCUT2D eigenvalue weighted by Crippen LogP contribution is -2.06. The molecule has 1 aromatic heterocycles. The van der Waals surface area contributed by atoms with Crippen LogP contribution in [-0.2, 0) is 14.3 Å². The fourth-order valence-electron chi connectivity index (χ4n) is 2.37. The predicted molar refractivity (Wildman–Crippen MR) is 101 cm³/mol. The summed E-state index contributed by atoms with van der Waals surface area (Å²) in [6, 6.07) is 15.9. The minimum Gasteiger partial charge on any atom is -0.465 e. The third kappa shape index (κ3) is 4.70. The van der Waals surface area contributed by atoms with Crippen molar-refractivity contribution in [3.05, 3.63) is 77.7 Å². The van der Waals surface area contributed by atoms with Gasteiger partial charge in [-0.15, -0.1) is 10.2 Å². The van der Waals surface area contributed by atoms with Crippen molar-refractivity contribution in [3.63, 3.8) is 0 Å². The van der Waals surface area contributed by atoms with Gasteiger partial charge in [-0.2, -0.15) is 0 Å². The average Bonchev–Trinajstić information content (AvgIpc) is 3.23. The third-order valence-electron chi connectivity index (χ3n) is 3.85. The Morgan fingerprint density at radius 1 is 1.04 bits per heavy atom.